The maximum Gasteiger partial charge on any atom is 0.0929 e. The minimum absolute atomic E-state index is 0.142. The third-order valence-corrected chi connectivity index (χ3v) is 6.94. The lowest BCUT2D eigenvalue weighted by molar-refractivity contribution is 1.17. The van der Waals surface area contributed by atoms with Crippen molar-refractivity contribution in [1.82, 2.24) is 0 Å². The zero-order chi connectivity index (χ0) is 12.6. The van der Waals surface area contributed by atoms with Crippen molar-refractivity contribution in [2.75, 3.05) is 0 Å². The van der Waals surface area contributed by atoms with E-state index in [0.29, 0.717) is 0 Å². The van der Waals surface area contributed by atoms with E-state index in [1.165, 1.54) is 0 Å². The summed E-state index contributed by atoms with van der Waals surface area (Å²) in [5.74, 6) is 0. The van der Waals surface area contributed by atoms with Crippen molar-refractivity contribution in [1.29, 1.82) is 0 Å². The van der Waals surface area contributed by atoms with Crippen LogP contribution in [0.1, 0.15) is 15.8 Å². The lowest BCUT2D eigenvalue weighted by Crippen LogP contribution is -1.90. The first kappa shape index (κ1) is 14.5. The van der Waals surface area contributed by atoms with Crippen molar-refractivity contribution in [3.05, 3.63) is 51.9 Å². The largest absolute Gasteiger partial charge is 0.130 e. The molecule has 0 spiro atoms. The van der Waals surface area contributed by atoms with Crippen LogP contribution in [0.4, 0.5) is 0 Å². The summed E-state index contributed by atoms with van der Waals surface area (Å²) in [6, 6.07) is 8.10. The van der Waals surface area contributed by atoms with Crippen molar-refractivity contribution in [3.8, 4) is 0 Å². The molecular formula is C11H5Br4ClS. The molecule has 1 aromatic heterocycles. The second-order valence-electron chi connectivity index (χ2n) is 3.34. The Hall–Kier alpha value is 1.13. The fourth-order valence-electron chi connectivity index (χ4n) is 1.37. The Balaban J connectivity index is 2.39. The van der Waals surface area contributed by atoms with E-state index in [-0.39, 0.29) is 5.38 Å². The minimum Gasteiger partial charge on any atom is -0.130 e. The summed E-state index contributed by atoms with van der Waals surface area (Å²) in [6.07, 6.45) is 0. The lowest BCUT2D eigenvalue weighted by atomic mass is 10.1. The molecule has 0 amide bonds. The van der Waals surface area contributed by atoms with Gasteiger partial charge in [0.05, 0.1) is 9.16 Å². The smallest absolute Gasteiger partial charge is 0.0929 e. The zero-order valence-corrected chi connectivity index (χ0v) is 16.1. The number of rotatable bonds is 2. The fraction of sp³-hybridized carbons (Fsp3) is 0.0909. The van der Waals surface area contributed by atoms with Crippen molar-refractivity contribution in [2.24, 2.45) is 0 Å². The molecule has 0 nitrogen and oxygen atoms in total. The minimum atomic E-state index is -0.142. The number of hydrogen-bond acceptors (Lipinski definition) is 1. The Morgan fingerprint density at radius 3 is 2.00 bits per heavy atom. The molecule has 90 valence electrons. The van der Waals surface area contributed by atoms with E-state index in [2.05, 4.69) is 63.7 Å². The van der Waals surface area contributed by atoms with Gasteiger partial charge in [0.15, 0.2) is 0 Å². The molecular weight excluding hydrogens is 519 g/mol. The first-order valence-electron chi connectivity index (χ1n) is 4.52. The van der Waals surface area contributed by atoms with E-state index in [0.717, 1.165) is 27.6 Å². The standard InChI is InChI=1S/C11H5Br4ClS/c12-6-1-5(2-7(13)3-6)10(16)9-4-8(14)11(15)17-9/h1-4,10H. The quantitative estimate of drug-likeness (QED) is 0.367. The summed E-state index contributed by atoms with van der Waals surface area (Å²) >= 11 is 22.0. The van der Waals surface area contributed by atoms with Crippen LogP contribution in [0.3, 0.4) is 0 Å². The van der Waals surface area contributed by atoms with Crippen LogP contribution in [0.2, 0.25) is 0 Å². The van der Waals surface area contributed by atoms with Gasteiger partial charge in [0.1, 0.15) is 0 Å². The molecule has 6 heteroatoms. The maximum absolute atomic E-state index is 6.49. The van der Waals surface area contributed by atoms with Crippen molar-refractivity contribution < 1.29 is 0 Å². The van der Waals surface area contributed by atoms with Gasteiger partial charge in [0.2, 0.25) is 0 Å². The molecule has 17 heavy (non-hydrogen) atoms. The molecule has 1 aromatic carbocycles. The van der Waals surface area contributed by atoms with Crippen LogP contribution in [-0.2, 0) is 0 Å². The van der Waals surface area contributed by atoms with E-state index >= 15 is 0 Å². The second-order valence-corrected chi connectivity index (χ2v) is 8.86. The van der Waals surface area contributed by atoms with Gasteiger partial charge in [-0.2, -0.15) is 0 Å². The monoisotopic (exact) mass is 520 g/mol. The molecule has 0 aliphatic rings. The summed E-state index contributed by atoms with van der Waals surface area (Å²) in [5, 5.41) is -0.142. The zero-order valence-electron chi connectivity index (χ0n) is 8.18. The third-order valence-electron chi connectivity index (χ3n) is 2.09. The summed E-state index contributed by atoms with van der Waals surface area (Å²) in [7, 11) is 0. The van der Waals surface area contributed by atoms with Crippen LogP contribution in [0.5, 0.6) is 0 Å². The van der Waals surface area contributed by atoms with Crippen LogP contribution in [0.15, 0.2) is 41.5 Å². The Labute approximate surface area is 142 Å². The van der Waals surface area contributed by atoms with Crippen LogP contribution in [-0.4, -0.2) is 0 Å². The van der Waals surface area contributed by atoms with Gasteiger partial charge in [-0.25, -0.2) is 0 Å². The second kappa shape index (κ2) is 6.06. The molecule has 0 aliphatic heterocycles. The molecule has 0 N–H and O–H groups in total. The van der Waals surface area contributed by atoms with Gasteiger partial charge in [0, 0.05) is 18.3 Å². The summed E-state index contributed by atoms with van der Waals surface area (Å²) in [6.45, 7) is 0. The van der Waals surface area contributed by atoms with E-state index < -0.39 is 0 Å². The first-order chi connectivity index (χ1) is 7.97. The molecule has 1 unspecified atom stereocenters. The summed E-state index contributed by atoms with van der Waals surface area (Å²) in [5.41, 5.74) is 1.06. The van der Waals surface area contributed by atoms with Gasteiger partial charge in [0.25, 0.3) is 0 Å². The van der Waals surface area contributed by atoms with Gasteiger partial charge >= 0.3 is 0 Å². The van der Waals surface area contributed by atoms with Crippen LogP contribution in [0.25, 0.3) is 0 Å². The highest BCUT2D eigenvalue weighted by Gasteiger charge is 2.16. The van der Waals surface area contributed by atoms with Crippen LogP contribution >= 0.6 is 86.7 Å². The highest BCUT2D eigenvalue weighted by atomic mass is 79.9. The van der Waals surface area contributed by atoms with Crippen molar-refractivity contribution in [2.45, 2.75) is 5.38 Å². The van der Waals surface area contributed by atoms with Gasteiger partial charge in [-0.15, -0.1) is 22.9 Å². The van der Waals surface area contributed by atoms with E-state index in [4.69, 9.17) is 11.6 Å². The topological polar surface area (TPSA) is 0 Å². The highest BCUT2D eigenvalue weighted by Crippen LogP contribution is 2.41. The van der Waals surface area contributed by atoms with Crippen LogP contribution in [0, 0.1) is 0 Å². The van der Waals surface area contributed by atoms with Crippen molar-refractivity contribution in [3.63, 3.8) is 0 Å². The van der Waals surface area contributed by atoms with E-state index in [1.807, 2.05) is 24.3 Å². The lowest BCUT2D eigenvalue weighted by Gasteiger charge is -2.08. The van der Waals surface area contributed by atoms with Gasteiger partial charge in [-0.05, 0) is 61.7 Å². The normalized spacial score (nSPS) is 12.8. The average molecular weight is 524 g/mol. The van der Waals surface area contributed by atoms with E-state index in [9.17, 15) is 0 Å². The van der Waals surface area contributed by atoms with Crippen molar-refractivity contribution >= 4 is 86.7 Å². The number of hydrogen-bond donors (Lipinski definition) is 0. The highest BCUT2D eigenvalue weighted by molar-refractivity contribution is 9.13. The maximum atomic E-state index is 6.49. The number of alkyl halides is 1. The summed E-state index contributed by atoms with van der Waals surface area (Å²) in [4.78, 5) is 1.11. The Morgan fingerprint density at radius 2 is 1.53 bits per heavy atom. The number of thiophene rings is 1. The molecule has 0 fully saturated rings. The van der Waals surface area contributed by atoms with Gasteiger partial charge in [-0.1, -0.05) is 31.9 Å². The number of benzene rings is 1. The first-order valence-corrected chi connectivity index (χ1v) is 8.94. The average Bonchev–Trinajstić information content (AvgIpc) is 2.57. The molecule has 2 rings (SSSR count). The van der Waals surface area contributed by atoms with Gasteiger partial charge < -0.3 is 0 Å². The Bertz CT molecular complexity index is 513. The predicted octanol–water partition coefficient (Wildman–Crippen LogP) is 7.13. The molecule has 0 aliphatic carbocycles. The molecule has 0 radical (unpaired) electrons. The Kier molecular flexibility index (Phi) is 5.18. The molecule has 0 saturated carbocycles. The van der Waals surface area contributed by atoms with E-state index in [1.54, 1.807) is 11.3 Å². The fourth-order valence-corrected chi connectivity index (χ4v) is 5.12. The number of halogens is 5. The molecule has 2 aromatic rings. The molecule has 0 saturated heterocycles. The predicted molar refractivity (Wildman–Crippen MR) is 89.3 cm³/mol. The summed E-state index contributed by atoms with van der Waals surface area (Å²) < 4.78 is 4.13. The van der Waals surface area contributed by atoms with Gasteiger partial charge in [-0.3, -0.25) is 0 Å². The third kappa shape index (κ3) is 3.57. The molecule has 1 atom stereocenters. The van der Waals surface area contributed by atoms with Crippen LogP contribution < -0.4 is 0 Å². The SMILES string of the molecule is ClC(c1cc(Br)cc(Br)c1)c1cc(Br)c(Br)s1. The Morgan fingerprint density at radius 1 is 0.941 bits per heavy atom. The molecule has 0 bridgehead atoms. The molecule has 1 heterocycles.